The number of nitrogens with zero attached hydrogens (tertiary/aromatic N) is 1. The lowest BCUT2D eigenvalue weighted by Crippen LogP contribution is -2.37. The molecule has 0 aromatic heterocycles. The molecular weight excluding hydrogens is 352 g/mol. The number of carbonyl (C=O) groups excluding carboxylic acids is 2. The van der Waals surface area contributed by atoms with Gasteiger partial charge in [-0.05, 0) is 11.1 Å². The molecule has 0 radical (unpaired) electrons. The predicted molar refractivity (Wildman–Crippen MR) is 96.7 cm³/mol. The molecule has 2 atom stereocenters. The molecule has 0 aliphatic carbocycles. The lowest BCUT2D eigenvalue weighted by Gasteiger charge is -2.29. The number of carbonyl (C=O) groups is 2. The third kappa shape index (κ3) is 4.48. The van der Waals surface area contributed by atoms with Crippen molar-refractivity contribution in [1.29, 1.82) is 0 Å². The van der Waals surface area contributed by atoms with E-state index in [0.29, 0.717) is 11.1 Å². The molecule has 0 saturated carbocycles. The van der Waals surface area contributed by atoms with Crippen LogP contribution in [0.15, 0.2) is 54.6 Å². The van der Waals surface area contributed by atoms with Crippen molar-refractivity contribution in [2.45, 2.75) is 12.0 Å². The van der Waals surface area contributed by atoms with Gasteiger partial charge in [-0.25, -0.2) is 0 Å². The zero-order valence-electron chi connectivity index (χ0n) is 14.9. The third-order valence-electron chi connectivity index (χ3n) is 4.31. The Labute approximate surface area is 156 Å². The fourth-order valence-corrected chi connectivity index (χ4v) is 2.98. The van der Waals surface area contributed by atoms with Crippen LogP contribution in [0.1, 0.15) is 23.1 Å². The van der Waals surface area contributed by atoms with Gasteiger partial charge in [-0.15, -0.1) is 0 Å². The van der Waals surface area contributed by atoms with Crippen LogP contribution in [0.4, 0.5) is 5.69 Å². The Hall–Kier alpha value is -3.26. The highest BCUT2D eigenvalue weighted by Crippen LogP contribution is 2.38. The van der Waals surface area contributed by atoms with E-state index in [9.17, 15) is 19.7 Å². The molecule has 0 aliphatic rings. The van der Waals surface area contributed by atoms with Crippen molar-refractivity contribution in [1.82, 2.24) is 0 Å². The molecule has 0 aliphatic heterocycles. The molecule has 0 heterocycles. The van der Waals surface area contributed by atoms with E-state index in [0.717, 1.165) is 14.2 Å². The summed E-state index contributed by atoms with van der Waals surface area (Å²) in [5.41, 5.74) is 7.24. The van der Waals surface area contributed by atoms with Crippen LogP contribution in [-0.2, 0) is 19.1 Å². The topological polar surface area (TPSA) is 122 Å². The first kappa shape index (κ1) is 20.1. The summed E-state index contributed by atoms with van der Waals surface area (Å²) in [6.45, 7) is 0. The standard InChI is InChI=1S/C19H20N2O6/c1-26-18(22)16(19(23)27-2)15(17(20)12-7-4-3-5-8-12)13-9-6-10-14(11-13)21(24)25/h3-11,15-17H,20H2,1-2H3/t15-,17+/m0/s1. The van der Waals surface area contributed by atoms with Crippen molar-refractivity contribution >= 4 is 17.6 Å². The zero-order valence-corrected chi connectivity index (χ0v) is 14.9. The van der Waals surface area contributed by atoms with Gasteiger partial charge in [0.15, 0.2) is 5.92 Å². The van der Waals surface area contributed by atoms with Gasteiger partial charge >= 0.3 is 11.9 Å². The van der Waals surface area contributed by atoms with Gasteiger partial charge in [0.2, 0.25) is 0 Å². The Bertz CT molecular complexity index is 808. The highest BCUT2D eigenvalue weighted by molar-refractivity contribution is 5.96. The molecule has 2 rings (SSSR count). The second kappa shape index (κ2) is 8.91. The monoisotopic (exact) mass is 372 g/mol. The summed E-state index contributed by atoms with van der Waals surface area (Å²) in [4.78, 5) is 35.3. The van der Waals surface area contributed by atoms with E-state index in [-0.39, 0.29) is 5.69 Å². The molecule has 2 aromatic rings. The van der Waals surface area contributed by atoms with Gasteiger partial charge in [0, 0.05) is 24.1 Å². The van der Waals surface area contributed by atoms with Crippen molar-refractivity contribution in [2.24, 2.45) is 11.7 Å². The fraction of sp³-hybridized carbons (Fsp3) is 0.263. The maximum atomic E-state index is 12.4. The average Bonchev–Trinajstić information content (AvgIpc) is 2.71. The zero-order chi connectivity index (χ0) is 20.0. The fourth-order valence-electron chi connectivity index (χ4n) is 2.98. The number of nitro benzene ring substituents is 1. The summed E-state index contributed by atoms with van der Waals surface area (Å²) in [7, 11) is 2.30. The molecule has 8 heteroatoms. The third-order valence-corrected chi connectivity index (χ3v) is 4.31. The summed E-state index contributed by atoms with van der Waals surface area (Å²) in [6.07, 6.45) is 0. The van der Waals surface area contributed by atoms with Gasteiger partial charge in [-0.2, -0.15) is 0 Å². The number of rotatable bonds is 7. The number of esters is 2. The average molecular weight is 372 g/mol. The minimum atomic E-state index is -1.38. The van der Waals surface area contributed by atoms with Crippen LogP contribution in [0.3, 0.4) is 0 Å². The predicted octanol–water partition coefficient (Wildman–Crippen LogP) is 2.34. The molecule has 0 fully saturated rings. The second-order valence-corrected chi connectivity index (χ2v) is 5.84. The maximum Gasteiger partial charge on any atom is 0.320 e. The van der Waals surface area contributed by atoms with E-state index in [1.54, 1.807) is 36.4 Å². The van der Waals surface area contributed by atoms with Crippen LogP contribution in [0.5, 0.6) is 0 Å². The van der Waals surface area contributed by atoms with Crippen molar-refractivity contribution in [3.63, 3.8) is 0 Å². The molecule has 8 nitrogen and oxygen atoms in total. The Morgan fingerprint density at radius 1 is 0.963 bits per heavy atom. The van der Waals surface area contributed by atoms with Crippen LogP contribution in [0, 0.1) is 16.0 Å². The molecule has 0 spiro atoms. The first-order valence-electron chi connectivity index (χ1n) is 8.11. The van der Waals surface area contributed by atoms with Crippen LogP contribution in [0.2, 0.25) is 0 Å². The quantitative estimate of drug-likeness (QED) is 0.342. The first-order chi connectivity index (χ1) is 12.9. The van der Waals surface area contributed by atoms with Crippen molar-refractivity contribution < 1.29 is 24.0 Å². The lowest BCUT2D eigenvalue weighted by atomic mass is 9.78. The van der Waals surface area contributed by atoms with Crippen molar-refractivity contribution in [3.8, 4) is 0 Å². The van der Waals surface area contributed by atoms with E-state index in [1.807, 2.05) is 0 Å². The van der Waals surface area contributed by atoms with Gasteiger partial charge in [0.1, 0.15) is 0 Å². The Kier molecular flexibility index (Phi) is 6.62. The Balaban J connectivity index is 2.63. The van der Waals surface area contributed by atoms with E-state index >= 15 is 0 Å². The van der Waals surface area contributed by atoms with Gasteiger partial charge < -0.3 is 15.2 Å². The summed E-state index contributed by atoms with van der Waals surface area (Å²) in [5, 5.41) is 11.2. The number of ether oxygens (including phenoxy) is 2. The molecule has 0 bridgehead atoms. The van der Waals surface area contributed by atoms with Gasteiger partial charge in [-0.1, -0.05) is 42.5 Å². The van der Waals surface area contributed by atoms with Crippen molar-refractivity contribution in [3.05, 3.63) is 75.8 Å². The van der Waals surface area contributed by atoms with Gasteiger partial charge in [0.25, 0.3) is 5.69 Å². The van der Waals surface area contributed by atoms with E-state index in [2.05, 4.69) is 0 Å². The lowest BCUT2D eigenvalue weighted by molar-refractivity contribution is -0.384. The first-order valence-corrected chi connectivity index (χ1v) is 8.11. The highest BCUT2D eigenvalue weighted by Gasteiger charge is 2.42. The molecule has 2 N–H and O–H groups in total. The number of hydrogen-bond donors (Lipinski definition) is 1. The van der Waals surface area contributed by atoms with Crippen LogP contribution in [-0.4, -0.2) is 31.1 Å². The Morgan fingerprint density at radius 3 is 2.04 bits per heavy atom. The summed E-state index contributed by atoms with van der Waals surface area (Å²) in [6, 6.07) is 13.7. The van der Waals surface area contributed by atoms with Crippen molar-refractivity contribution in [2.75, 3.05) is 14.2 Å². The van der Waals surface area contributed by atoms with Crippen LogP contribution in [0.25, 0.3) is 0 Å². The van der Waals surface area contributed by atoms with Gasteiger partial charge in [-0.3, -0.25) is 19.7 Å². The smallest absolute Gasteiger partial charge is 0.320 e. The number of nitro groups is 1. The molecular formula is C19H20N2O6. The Morgan fingerprint density at radius 2 is 1.52 bits per heavy atom. The normalized spacial score (nSPS) is 12.9. The molecule has 142 valence electrons. The molecule has 2 aromatic carbocycles. The second-order valence-electron chi connectivity index (χ2n) is 5.84. The number of non-ortho nitro benzene ring substituents is 1. The maximum absolute atomic E-state index is 12.4. The van der Waals surface area contributed by atoms with Gasteiger partial charge in [0.05, 0.1) is 19.1 Å². The van der Waals surface area contributed by atoms with E-state index in [4.69, 9.17) is 15.2 Å². The summed E-state index contributed by atoms with van der Waals surface area (Å²) in [5.74, 6) is -3.96. The number of methoxy groups -OCH3 is 2. The molecule has 27 heavy (non-hydrogen) atoms. The number of nitrogens with two attached hydrogens (primary N) is 1. The minimum Gasteiger partial charge on any atom is -0.468 e. The number of hydrogen-bond acceptors (Lipinski definition) is 7. The molecule has 0 unspecified atom stereocenters. The minimum absolute atomic E-state index is 0.175. The van der Waals surface area contributed by atoms with E-state index < -0.39 is 34.7 Å². The highest BCUT2D eigenvalue weighted by atomic mass is 16.6. The van der Waals surface area contributed by atoms with Crippen LogP contribution < -0.4 is 5.73 Å². The summed E-state index contributed by atoms with van der Waals surface area (Å²) < 4.78 is 9.54. The SMILES string of the molecule is COC(=O)C(C(=O)OC)[C@H](c1cccc([N+](=O)[O-])c1)[C@H](N)c1ccccc1. The van der Waals surface area contributed by atoms with E-state index in [1.165, 1.54) is 18.2 Å². The molecule has 0 amide bonds. The summed E-state index contributed by atoms with van der Waals surface area (Å²) >= 11 is 0. The van der Waals surface area contributed by atoms with Crippen LogP contribution >= 0.6 is 0 Å². The largest absolute Gasteiger partial charge is 0.468 e. The number of benzene rings is 2. The molecule has 0 saturated heterocycles.